The number of hydrogen-bond donors (Lipinski definition) is 1. The number of hydrogen-bond acceptors (Lipinski definition) is 2. The second-order valence-corrected chi connectivity index (χ2v) is 5.45. The van der Waals surface area contributed by atoms with Gasteiger partial charge >= 0.3 is 0 Å². The van der Waals surface area contributed by atoms with Crippen LogP contribution in [0.5, 0.6) is 0 Å². The summed E-state index contributed by atoms with van der Waals surface area (Å²) in [6, 6.07) is 16.3. The molecule has 0 bridgehead atoms. The zero-order chi connectivity index (χ0) is 12.8. The highest BCUT2D eigenvalue weighted by atomic mass is 35.5. The largest absolute Gasteiger partial charge is 0.326 e. The molecule has 2 rings (SSSR count). The number of thioether (sulfide) groups is 1. The van der Waals surface area contributed by atoms with Gasteiger partial charge in [0, 0.05) is 23.1 Å². The second kappa shape index (κ2) is 6.83. The highest BCUT2D eigenvalue weighted by Gasteiger charge is 2.02. The minimum absolute atomic E-state index is 0.600. The lowest BCUT2D eigenvalue weighted by molar-refractivity contribution is 1.04. The van der Waals surface area contributed by atoms with Crippen molar-refractivity contribution in [3.63, 3.8) is 0 Å². The number of nitrogens with two attached hydrogens (primary N) is 1. The molecular formula is C15H16ClNS. The molecule has 1 nitrogen and oxygen atoms in total. The van der Waals surface area contributed by atoms with Gasteiger partial charge in [0.05, 0.1) is 0 Å². The van der Waals surface area contributed by atoms with Crippen molar-refractivity contribution < 1.29 is 0 Å². The first-order valence-electron chi connectivity index (χ1n) is 5.89. The summed E-state index contributed by atoms with van der Waals surface area (Å²) >= 11 is 7.99. The van der Waals surface area contributed by atoms with Gasteiger partial charge in [0.15, 0.2) is 0 Å². The molecule has 0 unspecified atom stereocenters. The summed E-state index contributed by atoms with van der Waals surface area (Å²) in [6.07, 6.45) is 0. The molecule has 18 heavy (non-hydrogen) atoms. The Hall–Kier alpha value is -0.960. The fraction of sp³-hybridized carbons (Fsp3) is 0.200. The van der Waals surface area contributed by atoms with E-state index >= 15 is 0 Å². The smallest absolute Gasteiger partial charge is 0.0446 e. The maximum absolute atomic E-state index is 6.13. The van der Waals surface area contributed by atoms with Crippen LogP contribution in [0.4, 0.5) is 0 Å². The third-order valence-electron chi connectivity index (χ3n) is 2.81. The third-order valence-corrected chi connectivity index (χ3v) is 4.21. The predicted octanol–water partition coefficient (Wildman–Crippen LogP) is 4.23. The first-order valence-corrected chi connectivity index (χ1v) is 7.42. The molecule has 2 aromatic carbocycles. The summed E-state index contributed by atoms with van der Waals surface area (Å²) in [6.45, 7) is 0.600. The highest BCUT2D eigenvalue weighted by Crippen LogP contribution is 2.24. The summed E-state index contributed by atoms with van der Waals surface area (Å²) in [5.41, 5.74) is 9.46. The molecule has 0 heterocycles. The fourth-order valence-electron chi connectivity index (χ4n) is 1.78. The molecule has 94 valence electrons. The van der Waals surface area contributed by atoms with Gasteiger partial charge in [-0.2, -0.15) is 11.8 Å². The van der Waals surface area contributed by atoms with Crippen LogP contribution in [0.2, 0.25) is 5.02 Å². The van der Waals surface area contributed by atoms with Crippen LogP contribution in [0.25, 0.3) is 0 Å². The van der Waals surface area contributed by atoms with Crippen LogP contribution in [0, 0.1) is 0 Å². The number of benzene rings is 2. The molecule has 0 atom stereocenters. The SMILES string of the molecule is NCc1ccccc1CSCc1ccccc1Cl. The standard InChI is InChI=1S/C15H16ClNS/c16-15-8-4-3-7-14(15)11-18-10-13-6-2-1-5-12(13)9-17/h1-8H,9-11,17H2. The van der Waals surface area contributed by atoms with Gasteiger partial charge in [-0.05, 0) is 22.8 Å². The number of halogens is 1. The van der Waals surface area contributed by atoms with E-state index in [1.54, 1.807) is 0 Å². The maximum atomic E-state index is 6.13. The van der Waals surface area contributed by atoms with Gasteiger partial charge in [-0.15, -0.1) is 0 Å². The van der Waals surface area contributed by atoms with E-state index in [9.17, 15) is 0 Å². The monoisotopic (exact) mass is 277 g/mol. The first-order chi connectivity index (χ1) is 8.81. The van der Waals surface area contributed by atoms with Crippen molar-refractivity contribution in [1.82, 2.24) is 0 Å². The third kappa shape index (κ3) is 3.52. The average Bonchev–Trinajstić information content (AvgIpc) is 2.41. The average molecular weight is 278 g/mol. The van der Waals surface area contributed by atoms with Crippen molar-refractivity contribution in [1.29, 1.82) is 0 Å². The molecule has 0 spiro atoms. The van der Waals surface area contributed by atoms with Crippen LogP contribution in [0.3, 0.4) is 0 Å². The van der Waals surface area contributed by atoms with Crippen LogP contribution in [-0.4, -0.2) is 0 Å². The molecule has 0 fully saturated rings. The quantitative estimate of drug-likeness (QED) is 0.885. The summed E-state index contributed by atoms with van der Waals surface area (Å²) < 4.78 is 0. The Labute approximate surface area is 117 Å². The van der Waals surface area contributed by atoms with E-state index in [-0.39, 0.29) is 0 Å². The Kier molecular flexibility index (Phi) is 5.12. The Morgan fingerprint density at radius 1 is 0.833 bits per heavy atom. The topological polar surface area (TPSA) is 26.0 Å². The van der Waals surface area contributed by atoms with E-state index in [1.165, 1.54) is 16.7 Å². The van der Waals surface area contributed by atoms with Gasteiger partial charge in [-0.3, -0.25) is 0 Å². The molecule has 2 aromatic rings. The van der Waals surface area contributed by atoms with Gasteiger partial charge in [-0.1, -0.05) is 54.1 Å². The minimum Gasteiger partial charge on any atom is -0.326 e. The molecule has 2 N–H and O–H groups in total. The molecule has 3 heteroatoms. The lowest BCUT2D eigenvalue weighted by Crippen LogP contribution is -2.00. The molecule has 0 aliphatic heterocycles. The van der Waals surface area contributed by atoms with Gasteiger partial charge < -0.3 is 5.73 Å². The van der Waals surface area contributed by atoms with Gasteiger partial charge in [0.2, 0.25) is 0 Å². The Bertz CT molecular complexity index is 513. The maximum Gasteiger partial charge on any atom is 0.0446 e. The molecule has 0 saturated heterocycles. The van der Waals surface area contributed by atoms with Crippen LogP contribution in [0.1, 0.15) is 16.7 Å². The molecule has 0 aliphatic carbocycles. The summed E-state index contributed by atoms with van der Waals surface area (Å²) in [5.74, 6) is 1.90. The van der Waals surface area contributed by atoms with Crippen LogP contribution in [-0.2, 0) is 18.1 Å². The van der Waals surface area contributed by atoms with E-state index in [1.807, 2.05) is 36.0 Å². The van der Waals surface area contributed by atoms with Crippen molar-refractivity contribution in [3.8, 4) is 0 Å². The van der Waals surface area contributed by atoms with Crippen LogP contribution < -0.4 is 5.73 Å². The first kappa shape index (κ1) is 13.5. The molecule has 0 amide bonds. The second-order valence-electron chi connectivity index (χ2n) is 4.06. The van der Waals surface area contributed by atoms with Crippen molar-refractivity contribution in [2.24, 2.45) is 5.73 Å². The van der Waals surface area contributed by atoms with Crippen molar-refractivity contribution in [2.45, 2.75) is 18.1 Å². The molecule has 0 aromatic heterocycles. The molecule has 0 radical (unpaired) electrons. The minimum atomic E-state index is 0.600. The Balaban J connectivity index is 1.95. The molecule has 0 aliphatic rings. The van der Waals surface area contributed by atoms with Crippen LogP contribution >= 0.6 is 23.4 Å². The Morgan fingerprint density at radius 3 is 2.06 bits per heavy atom. The van der Waals surface area contributed by atoms with Gasteiger partial charge in [-0.25, -0.2) is 0 Å². The van der Waals surface area contributed by atoms with Crippen molar-refractivity contribution in [3.05, 3.63) is 70.2 Å². The lowest BCUT2D eigenvalue weighted by atomic mass is 10.1. The zero-order valence-electron chi connectivity index (χ0n) is 10.1. The summed E-state index contributed by atoms with van der Waals surface area (Å²) in [4.78, 5) is 0. The summed E-state index contributed by atoms with van der Waals surface area (Å²) in [5, 5.41) is 0.845. The van der Waals surface area contributed by atoms with Crippen molar-refractivity contribution >= 4 is 23.4 Å². The zero-order valence-corrected chi connectivity index (χ0v) is 11.7. The highest BCUT2D eigenvalue weighted by molar-refractivity contribution is 7.97. The Morgan fingerprint density at radius 2 is 1.39 bits per heavy atom. The van der Waals surface area contributed by atoms with Crippen LogP contribution in [0.15, 0.2) is 48.5 Å². The van der Waals surface area contributed by atoms with Gasteiger partial charge in [0.1, 0.15) is 0 Å². The van der Waals surface area contributed by atoms with E-state index in [0.29, 0.717) is 6.54 Å². The molecular weight excluding hydrogens is 262 g/mol. The fourth-order valence-corrected chi connectivity index (χ4v) is 3.14. The van der Waals surface area contributed by atoms with E-state index < -0.39 is 0 Å². The lowest BCUT2D eigenvalue weighted by Gasteiger charge is -2.08. The van der Waals surface area contributed by atoms with E-state index in [4.69, 9.17) is 17.3 Å². The van der Waals surface area contributed by atoms with Gasteiger partial charge in [0.25, 0.3) is 0 Å². The van der Waals surface area contributed by atoms with E-state index in [2.05, 4.69) is 24.3 Å². The summed E-state index contributed by atoms with van der Waals surface area (Å²) in [7, 11) is 0. The number of rotatable bonds is 5. The van der Waals surface area contributed by atoms with E-state index in [0.717, 1.165) is 16.5 Å². The molecule has 0 saturated carbocycles. The normalized spacial score (nSPS) is 10.6. The predicted molar refractivity (Wildman–Crippen MR) is 80.8 cm³/mol. The van der Waals surface area contributed by atoms with Crippen molar-refractivity contribution in [2.75, 3.05) is 0 Å².